The highest BCUT2D eigenvalue weighted by Gasteiger charge is 2.21. The third-order valence-corrected chi connectivity index (χ3v) is 7.32. The Hall–Kier alpha value is -4.11. The van der Waals surface area contributed by atoms with Crippen LogP contribution in [0.5, 0.6) is 0 Å². The molecule has 3 heterocycles. The lowest BCUT2D eigenvalue weighted by atomic mass is 10.1. The number of aryl methyl sites for hydroxylation is 1. The highest BCUT2D eigenvalue weighted by molar-refractivity contribution is 6.03. The van der Waals surface area contributed by atoms with Gasteiger partial charge in [-0.1, -0.05) is 42.8 Å². The predicted octanol–water partition coefficient (Wildman–Crippen LogP) is 4.52. The summed E-state index contributed by atoms with van der Waals surface area (Å²) in [6.45, 7) is 10.1. The number of para-hydroxylation sites is 1. The predicted molar refractivity (Wildman–Crippen MR) is 152 cm³/mol. The van der Waals surface area contributed by atoms with Crippen molar-refractivity contribution in [2.24, 2.45) is 0 Å². The highest BCUT2D eigenvalue weighted by atomic mass is 16.2. The van der Waals surface area contributed by atoms with Crippen LogP contribution in [0.25, 0.3) is 16.6 Å². The van der Waals surface area contributed by atoms with Crippen LogP contribution in [0.1, 0.15) is 53.5 Å². The van der Waals surface area contributed by atoms with Crippen LogP contribution in [0.2, 0.25) is 0 Å². The van der Waals surface area contributed by atoms with Gasteiger partial charge in [-0.2, -0.15) is 0 Å². The molecule has 1 fully saturated rings. The number of carbonyl (C=O) groups is 2. The van der Waals surface area contributed by atoms with E-state index >= 15 is 0 Å². The van der Waals surface area contributed by atoms with Crippen molar-refractivity contribution in [2.45, 2.75) is 46.6 Å². The van der Waals surface area contributed by atoms with Crippen molar-refractivity contribution in [3.8, 4) is 5.69 Å². The molecule has 9 heteroatoms. The lowest BCUT2D eigenvalue weighted by Gasteiger charge is -2.34. The van der Waals surface area contributed by atoms with Crippen molar-refractivity contribution in [2.75, 3.05) is 31.5 Å². The molecule has 0 spiro atoms. The van der Waals surface area contributed by atoms with Crippen LogP contribution in [0.15, 0.2) is 54.6 Å². The smallest absolute Gasteiger partial charge is 0.279 e. The number of rotatable bonds is 8. The highest BCUT2D eigenvalue weighted by Crippen LogP contribution is 2.21. The van der Waals surface area contributed by atoms with E-state index in [1.165, 1.54) is 5.56 Å². The van der Waals surface area contributed by atoms with Gasteiger partial charge < -0.3 is 10.2 Å². The Morgan fingerprint density at radius 3 is 2.54 bits per heavy atom. The fraction of sp³-hybridized carbons (Fsp3) is 0.367. The normalized spacial score (nSPS) is 14.1. The molecule has 0 saturated carbocycles. The number of hydrogen-bond acceptors (Lipinski definition) is 6. The quantitative estimate of drug-likeness (QED) is 0.363. The second kappa shape index (κ2) is 11.7. The fourth-order valence-electron chi connectivity index (χ4n) is 4.99. The number of aromatic nitrogens is 4. The Balaban J connectivity index is 1.21. The molecule has 4 aromatic rings. The van der Waals surface area contributed by atoms with Crippen LogP contribution >= 0.6 is 0 Å². The third kappa shape index (κ3) is 5.98. The van der Waals surface area contributed by atoms with E-state index < -0.39 is 0 Å². The monoisotopic (exact) mass is 525 g/mol. The Morgan fingerprint density at radius 2 is 1.77 bits per heavy atom. The minimum absolute atomic E-state index is 0.266. The molecule has 0 radical (unpaired) electrons. The summed E-state index contributed by atoms with van der Waals surface area (Å²) >= 11 is 0. The van der Waals surface area contributed by atoms with Crippen LogP contribution in [0.4, 0.5) is 5.82 Å². The molecule has 2 amide bonds. The molecule has 0 atom stereocenters. The van der Waals surface area contributed by atoms with Gasteiger partial charge in [-0.15, -0.1) is 5.10 Å². The van der Waals surface area contributed by atoms with Gasteiger partial charge in [0.15, 0.2) is 5.69 Å². The maximum absolute atomic E-state index is 13.0. The minimum Gasteiger partial charge on any atom is -0.340 e. The molecule has 0 bridgehead atoms. The number of unbranched alkanes of at least 4 members (excludes halogenated alkanes) is 1. The van der Waals surface area contributed by atoms with Crippen LogP contribution in [-0.4, -0.2) is 67.8 Å². The van der Waals surface area contributed by atoms with Crippen molar-refractivity contribution < 1.29 is 9.59 Å². The molecule has 2 aromatic heterocycles. The second-order valence-electron chi connectivity index (χ2n) is 10.2. The average molecular weight is 526 g/mol. The Labute approximate surface area is 228 Å². The standard InChI is InChI=1S/C30H35N7O2/c1-4-5-10-28(38)36-17-15-35(16-18-36)20-23-11-13-25-24(19-23)12-14-27(31-25)32-30(39)29-22(3)37(34-33-29)26-9-7-6-8-21(26)2/h6-9,11-14,19H,4-5,10,15-18,20H2,1-3H3,(H,31,32,39). The maximum atomic E-state index is 13.0. The van der Waals surface area contributed by atoms with Crippen molar-refractivity contribution in [3.63, 3.8) is 0 Å². The number of nitrogens with zero attached hydrogens (tertiary/aromatic N) is 6. The van der Waals surface area contributed by atoms with Crippen LogP contribution < -0.4 is 5.32 Å². The summed E-state index contributed by atoms with van der Waals surface area (Å²) in [7, 11) is 0. The van der Waals surface area contributed by atoms with Gasteiger partial charge in [0, 0.05) is 44.5 Å². The number of hydrogen-bond donors (Lipinski definition) is 1. The summed E-state index contributed by atoms with van der Waals surface area (Å²) in [5.41, 5.74) is 4.89. The first-order valence-electron chi connectivity index (χ1n) is 13.6. The molecule has 1 aliphatic rings. The largest absolute Gasteiger partial charge is 0.340 e. The fourth-order valence-corrected chi connectivity index (χ4v) is 4.99. The van der Waals surface area contributed by atoms with E-state index in [1.807, 2.05) is 61.2 Å². The van der Waals surface area contributed by atoms with E-state index in [-0.39, 0.29) is 17.5 Å². The van der Waals surface area contributed by atoms with E-state index in [4.69, 9.17) is 0 Å². The van der Waals surface area contributed by atoms with E-state index in [2.05, 4.69) is 44.6 Å². The summed E-state index contributed by atoms with van der Waals surface area (Å²) < 4.78 is 1.68. The Kier molecular flexibility index (Phi) is 7.97. The lowest BCUT2D eigenvalue weighted by molar-refractivity contribution is -0.133. The van der Waals surface area contributed by atoms with Gasteiger partial charge in [0.05, 0.1) is 16.9 Å². The van der Waals surface area contributed by atoms with E-state index in [0.29, 0.717) is 17.9 Å². The zero-order chi connectivity index (χ0) is 27.4. The molecular formula is C30H35N7O2. The number of nitrogens with one attached hydrogen (secondary N) is 1. The molecule has 0 aliphatic carbocycles. The maximum Gasteiger partial charge on any atom is 0.279 e. The minimum atomic E-state index is -0.344. The molecule has 9 nitrogen and oxygen atoms in total. The van der Waals surface area contributed by atoms with Gasteiger partial charge in [0.25, 0.3) is 5.91 Å². The summed E-state index contributed by atoms with van der Waals surface area (Å²) in [5.74, 6) is 0.402. The van der Waals surface area contributed by atoms with Gasteiger partial charge in [-0.25, -0.2) is 9.67 Å². The van der Waals surface area contributed by atoms with E-state index in [1.54, 1.807) is 4.68 Å². The van der Waals surface area contributed by atoms with Crippen LogP contribution in [-0.2, 0) is 11.3 Å². The van der Waals surface area contributed by atoms with Gasteiger partial charge in [-0.3, -0.25) is 14.5 Å². The Morgan fingerprint density at radius 1 is 0.974 bits per heavy atom. The van der Waals surface area contributed by atoms with Crippen molar-refractivity contribution in [1.82, 2.24) is 29.8 Å². The third-order valence-electron chi connectivity index (χ3n) is 7.32. The number of anilines is 1. The number of pyridine rings is 1. The summed E-state index contributed by atoms with van der Waals surface area (Å²) in [6, 6.07) is 17.9. The zero-order valence-electron chi connectivity index (χ0n) is 22.9. The number of fused-ring (bicyclic) bond motifs is 1. The van der Waals surface area contributed by atoms with Crippen molar-refractivity contribution in [3.05, 3.63) is 77.1 Å². The van der Waals surface area contributed by atoms with E-state index in [0.717, 1.165) is 67.7 Å². The summed E-state index contributed by atoms with van der Waals surface area (Å²) in [5, 5.41) is 12.2. The first-order valence-corrected chi connectivity index (χ1v) is 13.6. The molecule has 2 aromatic carbocycles. The van der Waals surface area contributed by atoms with E-state index in [9.17, 15) is 9.59 Å². The van der Waals surface area contributed by atoms with Crippen LogP contribution in [0.3, 0.4) is 0 Å². The number of amides is 2. The summed E-state index contributed by atoms with van der Waals surface area (Å²) in [4.78, 5) is 34.3. The van der Waals surface area contributed by atoms with Gasteiger partial charge in [0.1, 0.15) is 5.82 Å². The molecule has 0 unspecified atom stereocenters. The zero-order valence-corrected chi connectivity index (χ0v) is 22.9. The molecule has 39 heavy (non-hydrogen) atoms. The number of benzene rings is 2. The first-order chi connectivity index (χ1) is 18.9. The molecular weight excluding hydrogens is 490 g/mol. The molecule has 1 N–H and O–H groups in total. The van der Waals surface area contributed by atoms with Crippen molar-refractivity contribution in [1.29, 1.82) is 0 Å². The van der Waals surface area contributed by atoms with Gasteiger partial charge in [0.2, 0.25) is 5.91 Å². The lowest BCUT2D eigenvalue weighted by Crippen LogP contribution is -2.48. The van der Waals surface area contributed by atoms with Crippen molar-refractivity contribution >= 4 is 28.5 Å². The van der Waals surface area contributed by atoms with Gasteiger partial charge in [-0.05, 0) is 61.7 Å². The molecule has 1 saturated heterocycles. The first kappa shape index (κ1) is 26.5. The second-order valence-corrected chi connectivity index (χ2v) is 10.2. The topological polar surface area (TPSA) is 96.2 Å². The molecule has 5 rings (SSSR count). The number of carbonyl (C=O) groups excluding carboxylic acids is 2. The summed E-state index contributed by atoms with van der Waals surface area (Å²) in [6.07, 6.45) is 2.67. The molecule has 1 aliphatic heterocycles. The Bertz CT molecular complexity index is 1490. The van der Waals surface area contributed by atoms with Crippen LogP contribution in [0, 0.1) is 13.8 Å². The van der Waals surface area contributed by atoms with Gasteiger partial charge >= 0.3 is 0 Å². The SMILES string of the molecule is CCCCC(=O)N1CCN(Cc2ccc3nc(NC(=O)c4nnn(-c5ccccc5C)c4C)ccc3c2)CC1. The number of piperazine rings is 1. The molecule has 202 valence electrons. The average Bonchev–Trinajstić information content (AvgIpc) is 3.33.